The van der Waals surface area contributed by atoms with Gasteiger partial charge in [-0.3, -0.25) is 0 Å². The Morgan fingerprint density at radius 2 is 2.42 bits per heavy atom. The SMILES string of the molecule is N#Cc1csc(CNCCCOCc2ccco2)c1. The first-order chi connectivity index (χ1) is 9.38. The van der Waals surface area contributed by atoms with E-state index in [0.717, 1.165) is 30.8 Å². The predicted octanol–water partition coefficient (Wildman–Crippen LogP) is 2.91. The monoisotopic (exact) mass is 276 g/mol. The molecule has 2 rings (SSSR count). The third-order valence-corrected chi connectivity index (χ3v) is 3.49. The lowest BCUT2D eigenvalue weighted by atomic mass is 10.3. The Hall–Kier alpha value is -1.61. The van der Waals surface area contributed by atoms with E-state index >= 15 is 0 Å². The second-order valence-corrected chi connectivity index (χ2v) is 5.07. The standard InChI is InChI=1S/C14H16N2O2S/c15-8-12-7-14(19-11-12)9-16-4-2-5-17-10-13-3-1-6-18-13/h1,3,6-7,11,16H,2,4-5,9-10H2. The highest BCUT2D eigenvalue weighted by molar-refractivity contribution is 7.10. The van der Waals surface area contributed by atoms with Crippen LogP contribution < -0.4 is 5.32 Å². The lowest BCUT2D eigenvalue weighted by Gasteiger charge is -2.04. The highest BCUT2D eigenvalue weighted by atomic mass is 32.1. The number of hydrogen-bond donors (Lipinski definition) is 1. The molecule has 0 radical (unpaired) electrons. The van der Waals surface area contributed by atoms with Gasteiger partial charge < -0.3 is 14.5 Å². The van der Waals surface area contributed by atoms with Crippen LogP contribution in [0.4, 0.5) is 0 Å². The number of ether oxygens (including phenoxy) is 1. The fourth-order valence-corrected chi connectivity index (χ4v) is 2.39. The number of nitrogens with one attached hydrogen (secondary N) is 1. The first kappa shape index (κ1) is 13.8. The highest BCUT2D eigenvalue weighted by Crippen LogP contribution is 2.13. The number of furan rings is 1. The van der Waals surface area contributed by atoms with E-state index in [0.29, 0.717) is 13.2 Å². The van der Waals surface area contributed by atoms with Gasteiger partial charge in [-0.2, -0.15) is 5.26 Å². The van der Waals surface area contributed by atoms with Crippen molar-refractivity contribution in [2.75, 3.05) is 13.2 Å². The van der Waals surface area contributed by atoms with Gasteiger partial charge in [0.1, 0.15) is 18.4 Å². The molecule has 0 aliphatic heterocycles. The average molecular weight is 276 g/mol. The van der Waals surface area contributed by atoms with E-state index in [4.69, 9.17) is 14.4 Å². The predicted molar refractivity (Wildman–Crippen MR) is 73.7 cm³/mol. The van der Waals surface area contributed by atoms with Gasteiger partial charge in [0.2, 0.25) is 0 Å². The molecule has 0 aliphatic rings. The van der Waals surface area contributed by atoms with Gasteiger partial charge in [-0.1, -0.05) is 0 Å². The third kappa shape index (κ3) is 4.87. The molecule has 0 saturated heterocycles. The summed E-state index contributed by atoms with van der Waals surface area (Å²) in [7, 11) is 0. The van der Waals surface area contributed by atoms with Gasteiger partial charge >= 0.3 is 0 Å². The van der Waals surface area contributed by atoms with Crippen LogP contribution in [0, 0.1) is 11.3 Å². The number of rotatable bonds is 8. The highest BCUT2D eigenvalue weighted by Gasteiger charge is 1.99. The Bertz CT molecular complexity index is 514. The Morgan fingerprint density at radius 3 is 3.16 bits per heavy atom. The minimum Gasteiger partial charge on any atom is -0.467 e. The van der Waals surface area contributed by atoms with E-state index in [9.17, 15) is 0 Å². The molecule has 100 valence electrons. The van der Waals surface area contributed by atoms with Gasteiger partial charge in [0.05, 0.1) is 11.8 Å². The van der Waals surface area contributed by atoms with Crippen LogP contribution in [0.3, 0.4) is 0 Å². The molecule has 0 saturated carbocycles. The van der Waals surface area contributed by atoms with E-state index < -0.39 is 0 Å². The molecule has 0 unspecified atom stereocenters. The van der Waals surface area contributed by atoms with Crippen molar-refractivity contribution in [3.63, 3.8) is 0 Å². The van der Waals surface area contributed by atoms with Gasteiger partial charge in [0.15, 0.2) is 0 Å². The van der Waals surface area contributed by atoms with E-state index in [1.54, 1.807) is 17.6 Å². The van der Waals surface area contributed by atoms with E-state index in [1.165, 1.54) is 4.88 Å². The summed E-state index contributed by atoms with van der Waals surface area (Å²) in [5.41, 5.74) is 0.739. The first-order valence-electron chi connectivity index (χ1n) is 6.17. The smallest absolute Gasteiger partial charge is 0.129 e. The van der Waals surface area contributed by atoms with Crippen LogP contribution in [0.5, 0.6) is 0 Å². The number of nitriles is 1. The molecule has 2 aromatic rings. The second-order valence-electron chi connectivity index (χ2n) is 4.08. The zero-order valence-electron chi connectivity index (χ0n) is 10.6. The molecule has 0 amide bonds. The average Bonchev–Trinajstić information content (AvgIpc) is 3.08. The maximum Gasteiger partial charge on any atom is 0.129 e. The van der Waals surface area contributed by atoms with Crippen molar-refractivity contribution in [1.29, 1.82) is 5.26 Å². The first-order valence-corrected chi connectivity index (χ1v) is 7.05. The Labute approximate surface area is 116 Å². The van der Waals surface area contributed by atoms with Crippen molar-refractivity contribution in [2.24, 2.45) is 0 Å². The van der Waals surface area contributed by atoms with Crippen molar-refractivity contribution in [3.8, 4) is 6.07 Å². The minimum atomic E-state index is 0.531. The molecule has 1 N–H and O–H groups in total. The summed E-state index contributed by atoms with van der Waals surface area (Å²) in [6.07, 6.45) is 2.61. The molecule has 0 aliphatic carbocycles. The molecule has 2 heterocycles. The van der Waals surface area contributed by atoms with Gasteiger partial charge in [-0.05, 0) is 31.2 Å². The molecular weight excluding hydrogens is 260 g/mol. The summed E-state index contributed by atoms with van der Waals surface area (Å²) in [5, 5.41) is 13.9. The molecule has 0 spiro atoms. The molecule has 4 nitrogen and oxygen atoms in total. The normalized spacial score (nSPS) is 10.5. The fourth-order valence-electron chi connectivity index (χ4n) is 1.61. The Balaban J connectivity index is 1.49. The fraction of sp³-hybridized carbons (Fsp3) is 0.357. The molecule has 0 atom stereocenters. The maximum atomic E-state index is 8.71. The molecule has 0 bridgehead atoms. The molecule has 2 aromatic heterocycles. The number of hydrogen-bond acceptors (Lipinski definition) is 5. The van der Waals surface area contributed by atoms with Crippen molar-refractivity contribution < 1.29 is 9.15 Å². The van der Waals surface area contributed by atoms with E-state index in [2.05, 4.69) is 11.4 Å². The summed E-state index contributed by atoms with van der Waals surface area (Å²) < 4.78 is 10.6. The van der Waals surface area contributed by atoms with Crippen LogP contribution in [0.2, 0.25) is 0 Å². The molecule has 5 heteroatoms. The maximum absolute atomic E-state index is 8.71. The zero-order chi connectivity index (χ0) is 13.3. The van der Waals surface area contributed by atoms with Crippen LogP contribution in [0.15, 0.2) is 34.3 Å². The van der Waals surface area contributed by atoms with Crippen LogP contribution in [-0.4, -0.2) is 13.2 Å². The van der Waals surface area contributed by atoms with Crippen molar-refractivity contribution in [1.82, 2.24) is 5.32 Å². The Morgan fingerprint density at radius 1 is 1.47 bits per heavy atom. The lowest BCUT2D eigenvalue weighted by Crippen LogP contribution is -2.15. The number of nitrogens with zero attached hydrogens (tertiary/aromatic N) is 1. The summed E-state index contributed by atoms with van der Waals surface area (Å²) >= 11 is 1.61. The van der Waals surface area contributed by atoms with Crippen LogP contribution >= 0.6 is 11.3 Å². The quantitative estimate of drug-likeness (QED) is 0.753. The zero-order valence-corrected chi connectivity index (χ0v) is 11.4. The Kier molecular flexibility index (Phi) is 5.63. The number of thiophene rings is 1. The van der Waals surface area contributed by atoms with Gasteiger partial charge in [0, 0.05) is 23.4 Å². The third-order valence-electron chi connectivity index (χ3n) is 2.55. The van der Waals surface area contributed by atoms with E-state index in [-0.39, 0.29) is 0 Å². The summed E-state index contributed by atoms with van der Waals surface area (Å²) in [4.78, 5) is 1.19. The van der Waals surface area contributed by atoms with Crippen LogP contribution in [-0.2, 0) is 17.9 Å². The molecular formula is C14H16N2O2S. The lowest BCUT2D eigenvalue weighted by molar-refractivity contribution is 0.104. The van der Waals surface area contributed by atoms with Crippen LogP contribution in [0.1, 0.15) is 22.6 Å². The van der Waals surface area contributed by atoms with Crippen molar-refractivity contribution >= 4 is 11.3 Å². The van der Waals surface area contributed by atoms with E-state index in [1.807, 2.05) is 23.6 Å². The largest absolute Gasteiger partial charge is 0.467 e. The summed E-state index contributed by atoms with van der Waals surface area (Å²) in [6.45, 7) is 2.95. The molecule has 0 fully saturated rings. The molecule has 0 aromatic carbocycles. The topological polar surface area (TPSA) is 58.2 Å². The van der Waals surface area contributed by atoms with Gasteiger partial charge in [-0.25, -0.2) is 0 Å². The van der Waals surface area contributed by atoms with Crippen molar-refractivity contribution in [3.05, 3.63) is 46.0 Å². The van der Waals surface area contributed by atoms with Gasteiger partial charge in [0.25, 0.3) is 0 Å². The molecule has 19 heavy (non-hydrogen) atoms. The second kappa shape index (κ2) is 7.74. The van der Waals surface area contributed by atoms with Gasteiger partial charge in [-0.15, -0.1) is 11.3 Å². The summed E-state index contributed by atoms with van der Waals surface area (Å²) in [5.74, 6) is 0.857. The summed E-state index contributed by atoms with van der Waals surface area (Å²) in [6, 6.07) is 7.82. The minimum absolute atomic E-state index is 0.531. The van der Waals surface area contributed by atoms with Crippen LogP contribution in [0.25, 0.3) is 0 Å². The van der Waals surface area contributed by atoms with Crippen molar-refractivity contribution in [2.45, 2.75) is 19.6 Å².